The van der Waals surface area contributed by atoms with Gasteiger partial charge in [-0.3, -0.25) is 4.79 Å². The van der Waals surface area contributed by atoms with Crippen LogP contribution in [0.25, 0.3) is 0 Å². The number of aliphatic carboxylic acids is 1. The van der Waals surface area contributed by atoms with Crippen molar-refractivity contribution in [3.63, 3.8) is 0 Å². The molecule has 0 aromatic heterocycles. The average Bonchev–Trinajstić information content (AvgIpc) is 2.30. The van der Waals surface area contributed by atoms with E-state index < -0.39 is 18.1 Å². The number of nitrogens with zero attached hydrogens (tertiary/aromatic N) is 1. The highest BCUT2D eigenvalue weighted by atomic mass is 16.4. The second kappa shape index (κ2) is 3.10. The summed E-state index contributed by atoms with van der Waals surface area (Å²) in [7, 11) is 0. The lowest BCUT2D eigenvalue weighted by Gasteiger charge is -2.20. The molecule has 1 rings (SSSR count). The largest absolute Gasteiger partial charge is 0.480 e. The Bertz CT molecular complexity index is 215. The van der Waals surface area contributed by atoms with Gasteiger partial charge in [0, 0.05) is 13.5 Å². The highest BCUT2D eigenvalue weighted by Crippen LogP contribution is 2.17. The maximum absolute atomic E-state index is 10.9. The van der Waals surface area contributed by atoms with Gasteiger partial charge in [0.2, 0.25) is 5.91 Å². The van der Waals surface area contributed by atoms with Gasteiger partial charge in [0.1, 0.15) is 0 Å². The predicted octanol–water partition coefficient (Wildman–Crippen LogP) is -0.947. The van der Waals surface area contributed by atoms with Crippen LogP contribution in [-0.2, 0) is 9.59 Å². The van der Waals surface area contributed by atoms with Crippen LogP contribution in [0.2, 0.25) is 0 Å². The van der Waals surface area contributed by atoms with Gasteiger partial charge in [-0.1, -0.05) is 0 Å². The first-order chi connectivity index (χ1) is 5.54. The van der Waals surface area contributed by atoms with Crippen molar-refractivity contribution in [2.75, 3.05) is 6.54 Å². The van der Waals surface area contributed by atoms with Gasteiger partial charge in [0.25, 0.3) is 0 Å². The third-order valence-electron chi connectivity index (χ3n) is 2.02. The second-order valence-corrected chi connectivity index (χ2v) is 2.85. The van der Waals surface area contributed by atoms with Crippen LogP contribution in [0.1, 0.15) is 13.3 Å². The Morgan fingerprint density at radius 3 is 2.42 bits per heavy atom. The van der Waals surface area contributed by atoms with E-state index in [1.54, 1.807) is 0 Å². The van der Waals surface area contributed by atoms with E-state index in [9.17, 15) is 14.7 Å². The average molecular weight is 173 g/mol. The molecule has 0 bridgehead atoms. The number of likely N-dealkylation sites (tertiary alicyclic amines) is 1. The van der Waals surface area contributed by atoms with Crippen LogP contribution in [0.5, 0.6) is 0 Å². The molecule has 0 aromatic carbocycles. The zero-order valence-electron chi connectivity index (χ0n) is 6.73. The summed E-state index contributed by atoms with van der Waals surface area (Å²) in [5.74, 6) is -1.45. The number of rotatable bonds is 1. The van der Waals surface area contributed by atoms with Crippen molar-refractivity contribution in [1.82, 2.24) is 4.90 Å². The van der Waals surface area contributed by atoms with Crippen molar-refractivity contribution < 1.29 is 19.8 Å². The number of carboxylic acids is 1. The van der Waals surface area contributed by atoms with E-state index >= 15 is 0 Å². The SMILES string of the molecule is CC(=O)N1CCC(O)C1C(=O)O. The molecule has 0 aromatic rings. The Morgan fingerprint density at radius 2 is 2.08 bits per heavy atom. The minimum atomic E-state index is -1.14. The summed E-state index contributed by atoms with van der Waals surface area (Å²) in [4.78, 5) is 22.6. The zero-order chi connectivity index (χ0) is 9.30. The smallest absolute Gasteiger partial charge is 0.329 e. The monoisotopic (exact) mass is 173 g/mol. The molecule has 1 fully saturated rings. The summed E-state index contributed by atoms with van der Waals surface area (Å²) in [6.45, 7) is 1.63. The Labute approximate surface area is 69.6 Å². The van der Waals surface area contributed by atoms with Crippen LogP contribution in [0.15, 0.2) is 0 Å². The van der Waals surface area contributed by atoms with Gasteiger partial charge in [0.15, 0.2) is 6.04 Å². The molecule has 1 heterocycles. The van der Waals surface area contributed by atoms with Crippen LogP contribution in [0.3, 0.4) is 0 Å². The van der Waals surface area contributed by atoms with Crippen molar-refractivity contribution in [1.29, 1.82) is 0 Å². The number of hydrogen-bond donors (Lipinski definition) is 2. The highest BCUT2D eigenvalue weighted by molar-refractivity contribution is 5.83. The van der Waals surface area contributed by atoms with Crippen molar-refractivity contribution in [3.8, 4) is 0 Å². The minimum absolute atomic E-state index is 0.307. The molecule has 1 saturated heterocycles. The molecule has 2 atom stereocenters. The number of aliphatic hydroxyl groups excluding tert-OH is 1. The Hall–Kier alpha value is -1.10. The molecular formula is C7H11NO4. The van der Waals surface area contributed by atoms with Gasteiger partial charge in [-0.05, 0) is 6.42 Å². The lowest BCUT2D eigenvalue weighted by Crippen LogP contribution is -2.44. The molecule has 5 nitrogen and oxygen atoms in total. The predicted molar refractivity (Wildman–Crippen MR) is 39.4 cm³/mol. The summed E-state index contributed by atoms with van der Waals surface area (Å²) in [6, 6.07) is -1.05. The van der Waals surface area contributed by atoms with E-state index in [2.05, 4.69) is 0 Å². The number of carboxylic acid groups (broad SMARTS) is 1. The standard InChI is InChI=1S/C7H11NO4/c1-4(9)8-3-2-5(10)6(8)7(11)12/h5-6,10H,2-3H2,1H3,(H,11,12). The van der Waals surface area contributed by atoms with Gasteiger partial charge >= 0.3 is 5.97 Å². The Morgan fingerprint density at radius 1 is 1.50 bits per heavy atom. The van der Waals surface area contributed by atoms with Crippen LogP contribution < -0.4 is 0 Å². The zero-order valence-corrected chi connectivity index (χ0v) is 6.73. The fourth-order valence-electron chi connectivity index (χ4n) is 1.43. The fraction of sp³-hybridized carbons (Fsp3) is 0.714. The third-order valence-corrected chi connectivity index (χ3v) is 2.02. The number of hydrogen-bond acceptors (Lipinski definition) is 3. The molecule has 5 heteroatoms. The van der Waals surface area contributed by atoms with Crippen molar-refractivity contribution in [2.45, 2.75) is 25.5 Å². The van der Waals surface area contributed by atoms with Gasteiger partial charge < -0.3 is 15.1 Å². The number of carbonyl (C=O) groups is 2. The molecule has 0 aliphatic carbocycles. The van der Waals surface area contributed by atoms with E-state index in [-0.39, 0.29) is 5.91 Å². The number of aliphatic hydroxyl groups is 1. The maximum atomic E-state index is 10.9. The van der Waals surface area contributed by atoms with Gasteiger partial charge in [-0.25, -0.2) is 4.79 Å². The molecule has 0 spiro atoms. The van der Waals surface area contributed by atoms with Gasteiger partial charge in [-0.15, -0.1) is 0 Å². The number of carbonyl (C=O) groups excluding carboxylic acids is 1. The normalized spacial score (nSPS) is 29.0. The maximum Gasteiger partial charge on any atom is 0.329 e. The molecule has 1 aliphatic heterocycles. The van der Waals surface area contributed by atoms with E-state index in [1.165, 1.54) is 11.8 Å². The molecule has 0 saturated carbocycles. The summed E-state index contributed by atoms with van der Waals surface area (Å²) in [6.07, 6.45) is -0.581. The van der Waals surface area contributed by atoms with E-state index in [0.717, 1.165) is 0 Å². The van der Waals surface area contributed by atoms with Gasteiger partial charge in [0.05, 0.1) is 6.10 Å². The van der Waals surface area contributed by atoms with Crippen molar-refractivity contribution in [3.05, 3.63) is 0 Å². The molecule has 12 heavy (non-hydrogen) atoms. The summed E-state index contributed by atoms with van der Waals surface area (Å²) in [5.41, 5.74) is 0. The second-order valence-electron chi connectivity index (χ2n) is 2.85. The van der Waals surface area contributed by atoms with E-state index in [0.29, 0.717) is 13.0 Å². The number of amides is 1. The Kier molecular flexibility index (Phi) is 2.32. The molecular weight excluding hydrogens is 162 g/mol. The highest BCUT2D eigenvalue weighted by Gasteiger charge is 2.39. The minimum Gasteiger partial charge on any atom is -0.480 e. The van der Waals surface area contributed by atoms with Crippen molar-refractivity contribution >= 4 is 11.9 Å². The molecule has 1 amide bonds. The molecule has 2 N–H and O–H groups in total. The van der Waals surface area contributed by atoms with Crippen LogP contribution in [-0.4, -0.2) is 45.7 Å². The van der Waals surface area contributed by atoms with Crippen LogP contribution in [0.4, 0.5) is 0 Å². The molecule has 68 valence electrons. The molecule has 2 unspecified atom stereocenters. The van der Waals surface area contributed by atoms with E-state index in [1.807, 2.05) is 0 Å². The summed E-state index contributed by atoms with van der Waals surface area (Å²) < 4.78 is 0. The van der Waals surface area contributed by atoms with Crippen LogP contribution in [0, 0.1) is 0 Å². The quantitative estimate of drug-likeness (QED) is 0.536. The first kappa shape index (κ1) is 8.99. The van der Waals surface area contributed by atoms with E-state index in [4.69, 9.17) is 5.11 Å². The topological polar surface area (TPSA) is 77.8 Å². The van der Waals surface area contributed by atoms with Gasteiger partial charge in [-0.2, -0.15) is 0 Å². The molecule has 1 aliphatic rings. The molecule has 0 radical (unpaired) electrons. The lowest BCUT2D eigenvalue weighted by molar-refractivity contribution is -0.150. The van der Waals surface area contributed by atoms with Crippen LogP contribution >= 0.6 is 0 Å². The summed E-state index contributed by atoms with van der Waals surface area (Å²) >= 11 is 0. The lowest BCUT2D eigenvalue weighted by atomic mass is 10.2. The summed E-state index contributed by atoms with van der Waals surface area (Å²) in [5, 5.41) is 17.9. The first-order valence-corrected chi connectivity index (χ1v) is 3.72. The van der Waals surface area contributed by atoms with Crippen molar-refractivity contribution in [2.24, 2.45) is 0 Å². The third kappa shape index (κ3) is 1.40. The fourth-order valence-corrected chi connectivity index (χ4v) is 1.43. The first-order valence-electron chi connectivity index (χ1n) is 3.72. The Balaban J connectivity index is 2.77.